The Morgan fingerprint density at radius 3 is 2.40 bits per heavy atom. The highest BCUT2D eigenvalue weighted by atomic mass is 16.5. The van der Waals surface area contributed by atoms with Crippen molar-refractivity contribution in [1.82, 2.24) is 14.5 Å². The Kier molecular flexibility index (Phi) is 9.37. The number of nitrogens with one attached hydrogen (secondary N) is 2. The van der Waals surface area contributed by atoms with E-state index in [0.29, 0.717) is 24.7 Å². The number of carbonyl (C=O) groups excluding carboxylic acids is 2. The molecule has 2 aromatic heterocycles. The van der Waals surface area contributed by atoms with Crippen molar-refractivity contribution in [3.8, 4) is 5.88 Å². The number of aromatic nitrogens is 2. The molecule has 3 heterocycles. The standard InChI is InChI=1S/C32H33N5O5/c1-23-8-10-24(11-9-23)22-37-14-4-6-27(32(37)40)31(39)35-28-7-3-2-5-26(28)30(38)34-25-12-13-29(33-21-25)42-20-17-36-15-18-41-19-16-36/h2-14,21H,15-20,22H2,1H3,(H,34,38)(H,35,39). The monoisotopic (exact) mass is 567 g/mol. The highest BCUT2D eigenvalue weighted by Crippen LogP contribution is 2.19. The average molecular weight is 568 g/mol. The van der Waals surface area contributed by atoms with Crippen molar-refractivity contribution in [3.63, 3.8) is 0 Å². The van der Waals surface area contributed by atoms with E-state index in [2.05, 4.69) is 20.5 Å². The summed E-state index contributed by atoms with van der Waals surface area (Å²) in [6.45, 7) is 6.88. The Hall–Kier alpha value is -4.80. The van der Waals surface area contributed by atoms with E-state index in [1.807, 2.05) is 31.2 Å². The zero-order valence-electron chi connectivity index (χ0n) is 23.4. The highest BCUT2D eigenvalue weighted by molar-refractivity contribution is 6.12. The summed E-state index contributed by atoms with van der Waals surface area (Å²) in [6, 6.07) is 21.0. The van der Waals surface area contributed by atoms with Crippen molar-refractivity contribution in [2.45, 2.75) is 13.5 Å². The lowest BCUT2D eigenvalue weighted by Gasteiger charge is -2.26. The number of ether oxygens (including phenoxy) is 2. The van der Waals surface area contributed by atoms with Gasteiger partial charge in [-0.05, 0) is 42.8 Å². The summed E-state index contributed by atoms with van der Waals surface area (Å²) >= 11 is 0. The Morgan fingerprint density at radius 1 is 0.905 bits per heavy atom. The summed E-state index contributed by atoms with van der Waals surface area (Å²) in [4.78, 5) is 45.9. The number of aryl methyl sites for hydroxylation is 1. The second-order valence-electron chi connectivity index (χ2n) is 9.98. The Morgan fingerprint density at radius 2 is 1.64 bits per heavy atom. The minimum atomic E-state index is -0.598. The van der Waals surface area contributed by atoms with Gasteiger partial charge in [0.15, 0.2) is 0 Å². The van der Waals surface area contributed by atoms with Crippen LogP contribution in [0.25, 0.3) is 0 Å². The van der Waals surface area contributed by atoms with Crippen molar-refractivity contribution in [1.29, 1.82) is 0 Å². The molecule has 2 amide bonds. The van der Waals surface area contributed by atoms with Crippen LogP contribution in [0.2, 0.25) is 0 Å². The van der Waals surface area contributed by atoms with Crippen LogP contribution in [0.5, 0.6) is 5.88 Å². The van der Waals surface area contributed by atoms with Crippen LogP contribution in [0.1, 0.15) is 31.8 Å². The molecule has 0 unspecified atom stereocenters. The van der Waals surface area contributed by atoms with Gasteiger partial charge in [0.2, 0.25) is 5.88 Å². The number of nitrogens with zero attached hydrogens (tertiary/aromatic N) is 3. The van der Waals surface area contributed by atoms with Crippen molar-refractivity contribution < 1.29 is 19.1 Å². The topological polar surface area (TPSA) is 115 Å². The minimum Gasteiger partial charge on any atom is -0.476 e. The number of pyridine rings is 2. The number of rotatable bonds is 10. The first-order chi connectivity index (χ1) is 20.5. The fourth-order valence-electron chi connectivity index (χ4n) is 4.55. The van der Waals surface area contributed by atoms with Gasteiger partial charge in [-0.1, -0.05) is 42.0 Å². The third-order valence-electron chi connectivity index (χ3n) is 6.91. The lowest BCUT2D eigenvalue weighted by molar-refractivity contribution is 0.0320. The molecule has 0 spiro atoms. The van der Waals surface area contributed by atoms with Gasteiger partial charge in [0.05, 0.1) is 42.9 Å². The molecule has 1 aliphatic heterocycles. The van der Waals surface area contributed by atoms with Crippen LogP contribution in [-0.2, 0) is 11.3 Å². The fraction of sp³-hybridized carbons (Fsp3) is 0.250. The molecule has 2 aromatic carbocycles. The quantitative estimate of drug-likeness (QED) is 0.300. The molecule has 42 heavy (non-hydrogen) atoms. The van der Waals surface area contributed by atoms with Gasteiger partial charge in [-0.2, -0.15) is 0 Å². The summed E-state index contributed by atoms with van der Waals surface area (Å²) in [5, 5.41) is 5.53. The van der Waals surface area contributed by atoms with E-state index in [0.717, 1.165) is 44.0 Å². The molecule has 2 N–H and O–H groups in total. The molecule has 1 aliphatic rings. The fourth-order valence-corrected chi connectivity index (χ4v) is 4.55. The van der Waals surface area contributed by atoms with Crippen molar-refractivity contribution in [2.75, 3.05) is 50.1 Å². The first-order valence-corrected chi connectivity index (χ1v) is 13.8. The molecule has 1 fully saturated rings. The molecule has 216 valence electrons. The van der Waals surface area contributed by atoms with E-state index in [4.69, 9.17) is 9.47 Å². The maximum Gasteiger partial charge on any atom is 0.263 e. The normalized spacial score (nSPS) is 13.4. The number of amides is 2. The van der Waals surface area contributed by atoms with Gasteiger partial charge in [0.25, 0.3) is 17.4 Å². The van der Waals surface area contributed by atoms with Gasteiger partial charge < -0.3 is 24.7 Å². The van der Waals surface area contributed by atoms with Gasteiger partial charge >= 0.3 is 0 Å². The minimum absolute atomic E-state index is 0.0202. The molecular formula is C32H33N5O5. The summed E-state index contributed by atoms with van der Waals surface area (Å²) < 4.78 is 12.6. The Balaban J connectivity index is 1.21. The lowest BCUT2D eigenvalue weighted by atomic mass is 10.1. The Labute approximate surface area is 243 Å². The van der Waals surface area contributed by atoms with E-state index in [1.165, 1.54) is 16.8 Å². The number of hydrogen-bond donors (Lipinski definition) is 2. The number of hydrogen-bond acceptors (Lipinski definition) is 7. The molecule has 10 heteroatoms. The number of carbonyl (C=O) groups is 2. The molecule has 4 aromatic rings. The molecular weight excluding hydrogens is 534 g/mol. The van der Waals surface area contributed by atoms with Gasteiger partial charge in [0.1, 0.15) is 12.2 Å². The summed E-state index contributed by atoms with van der Waals surface area (Å²) in [5.74, 6) is -0.567. The predicted molar refractivity (Wildman–Crippen MR) is 160 cm³/mol. The summed E-state index contributed by atoms with van der Waals surface area (Å²) in [6.07, 6.45) is 3.17. The largest absolute Gasteiger partial charge is 0.476 e. The van der Waals surface area contributed by atoms with E-state index in [-0.39, 0.29) is 16.8 Å². The smallest absolute Gasteiger partial charge is 0.263 e. The molecule has 0 saturated carbocycles. The van der Waals surface area contributed by atoms with Crippen molar-refractivity contribution in [2.24, 2.45) is 0 Å². The third kappa shape index (κ3) is 7.48. The Bertz CT molecular complexity index is 1580. The van der Waals surface area contributed by atoms with Crippen LogP contribution in [0.4, 0.5) is 11.4 Å². The number of anilines is 2. The van der Waals surface area contributed by atoms with Gasteiger partial charge in [-0.25, -0.2) is 4.98 Å². The van der Waals surface area contributed by atoms with Crippen LogP contribution in [0, 0.1) is 6.92 Å². The second kappa shape index (κ2) is 13.7. The molecule has 0 radical (unpaired) electrons. The first-order valence-electron chi connectivity index (χ1n) is 13.8. The maximum absolute atomic E-state index is 13.2. The van der Waals surface area contributed by atoms with E-state index in [9.17, 15) is 14.4 Å². The van der Waals surface area contributed by atoms with Crippen LogP contribution in [-0.4, -0.2) is 65.7 Å². The molecule has 5 rings (SSSR count). The number of benzene rings is 2. The SMILES string of the molecule is Cc1ccc(Cn2cccc(C(=O)Nc3ccccc3C(=O)Nc3ccc(OCCN4CCOCC4)nc3)c2=O)cc1. The summed E-state index contributed by atoms with van der Waals surface area (Å²) in [5.41, 5.74) is 2.63. The second-order valence-corrected chi connectivity index (χ2v) is 9.98. The van der Waals surface area contributed by atoms with E-state index >= 15 is 0 Å². The van der Waals surface area contributed by atoms with Crippen LogP contribution < -0.4 is 20.9 Å². The molecule has 10 nitrogen and oxygen atoms in total. The zero-order chi connectivity index (χ0) is 29.3. The number of para-hydroxylation sites is 1. The van der Waals surface area contributed by atoms with Crippen LogP contribution in [0.15, 0.2) is 90.0 Å². The maximum atomic E-state index is 13.2. The van der Waals surface area contributed by atoms with Gasteiger partial charge in [0, 0.05) is 31.9 Å². The zero-order valence-corrected chi connectivity index (χ0v) is 23.4. The molecule has 0 bridgehead atoms. The van der Waals surface area contributed by atoms with Gasteiger partial charge in [-0.15, -0.1) is 0 Å². The van der Waals surface area contributed by atoms with Crippen molar-refractivity contribution in [3.05, 3.63) is 118 Å². The molecule has 0 atom stereocenters. The summed E-state index contributed by atoms with van der Waals surface area (Å²) in [7, 11) is 0. The van der Waals surface area contributed by atoms with Crippen LogP contribution in [0.3, 0.4) is 0 Å². The molecule has 1 saturated heterocycles. The number of morpholine rings is 1. The molecule has 0 aliphatic carbocycles. The van der Waals surface area contributed by atoms with E-state index in [1.54, 1.807) is 48.7 Å². The van der Waals surface area contributed by atoms with E-state index < -0.39 is 17.4 Å². The van der Waals surface area contributed by atoms with Crippen LogP contribution >= 0.6 is 0 Å². The third-order valence-corrected chi connectivity index (χ3v) is 6.91. The predicted octanol–water partition coefficient (Wildman–Crippen LogP) is 3.82. The van der Waals surface area contributed by atoms with Crippen molar-refractivity contribution >= 4 is 23.2 Å². The average Bonchev–Trinajstić information content (AvgIpc) is 3.01. The van der Waals surface area contributed by atoms with Gasteiger partial charge in [-0.3, -0.25) is 19.3 Å². The lowest BCUT2D eigenvalue weighted by Crippen LogP contribution is -2.38. The first kappa shape index (κ1) is 28.7. The highest BCUT2D eigenvalue weighted by Gasteiger charge is 2.17.